The van der Waals surface area contributed by atoms with Crippen molar-refractivity contribution in [2.75, 3.05) is 10.2 Å². The van der Waals surface area contributed by atoms with Crippen LogP contribution in [0.1, 0.15) is 78.6 Å². The highest BCUT2D eigenvalue weighted by atomic mass is 15.2. The van der Waals surface area contributed by atoms with Crippen LogP contribution >= 0.6 is 0 Å². The lowest BCUT2D eigenvalue weighted by Gasteiger charge is -2.43. The summed E-state index contributed by atoms with van der Waals surface area (Å²) in [5, 5.41) is 4.08. The predicted octanol–water partition coefficient (Wildman–Crippen LogP) is 14.6. The topological polar surface area (TPSA) is 15.3 Å². The second-order valence-electron chi connectivity index (χ2n) is 18.5. The van der Waals surface area contributed by atoms with Crippen molar-refractivity contribution in [3.05, 3.63) is 245 Å². The molecule has 0 bridgehead atoms. The zero-order valence-corrected chi connectivity index (χ0v) is 38.6. The van der Waals surface area contributed by atoms with Gasteiger partial charge in [-0.25, -0.2) is 0 Å². The van der Waals surface area contributed by atoms with E-state index in [0.29, 0.717) is 0 Å². The molecule has 1 N–H and O–H groups in total. The summed E-state index contributed by atoms with van der Waals surface area (Å²) >= 11 is 0. The van der Waals surface area contributed by atoms with Gasteiger partial charge in [-0.15, -0.1) is 0 Å². The number of para-hydroxylation sites is 3. The maximum atomic E-state index is 4.08. The van der Waals surface area contributed by atoms with E-state index in [1.807, 2.05) is 0 Å². The third-order valence-electron chi connectivity index (χ3n) is 14.3. The zero-order valence-electron chi connectivity index (χ0n) is 38.6. The van der Waals surface area contributed by atoms with Crippen molar-refractivity contribution in [1.82, 2.24) is 0 Å². The molecule has 2 heterocycles. The number of hydrogen-bond donors (Lipinski definition) is 1. The van der Waals surface area contributed by atoms with E-state index < -0.39 is 0 Å². The van der Waals surface area contributed by atoms with E-state index in [1.165, 1.54) is 106 Å². The minimum atomic E-state index is -0.370. The first kappa shape index (κ1) is 41.9. The Balaban J connectivity index is 1.21. The lowest BCUT2D eigenvalue weighted by atomic mass is 9.56. The Labute approximate surface area is 387 Å². The quantitative estimate of drug-likeness (QED) is 0.109. The Morgan fingerprint density at radius 2 is 1.32 bits per heavy atom. The number of allylic oxidation sites excluding steroid dienone is 4. The first-order valence-electron chi connectivity index (χ1n) is 23.4. The van der Waals surface area contributed by atoms with Crippen LogP contribution in [0.25, 0.3) is 22.3 Å². The Morgan fingerprint density at radius 1 is 0.615 bits per heavy atom. The second-order valence-corrected chi connectivity index (χ2v) is 18.5. The van der Waals surface area contributed by atoms with Gasteiger partial charge in [0.2, 0.25) is 0 Å². The molecule has 65 heavy (non-hydrogen) atoms. The molecule has 10 rings (SSSR count). The fraction of sp³-hybridized carbons (Fsp3) is 0.161. The number of rotatable bonds is 10. The summed E-state index contributed by atoms with van der Waals surface area (Å²) in [6.07, 6.45) is 10.4. The van der Waals surface area contributed by atoms with Crippen LogP contribution in [0.5, 0.6) is 0 Å². The van der Waals surface area contributed by atoms with Crippen LogP contribution in [0.15, 0.2) is 200 Å². The summed E-state index contributed by atoms with van der Waals surface area (Å²) in [7, 11) is 0.808. The summed E-state index contributed by atoms with van der Waals surface area (Å²) in [6.45, 7) is 13.7. The largest absolute Gasteiger partial charge is 0.354 e. The third-order valence-corrected chi connectivity index (χ3v) is 14.3. The van der Waals surface area contributed by atoms with Gasteiger partial charge in [-0.3, -0.25) is 0 Å². The van der Waals surface area contributed by atoms with Crippen LogP contribution in [0.2, 0.25) is 0 Å². The highest BCUT2D eigenvalue weighted by Crippen LogP contribution is 2.55. The molecule has 2 aliphatic rings. The Kier molecular flexibility index (Phi) is 11.0. The summed E-state index contributed by atoms with van der Waals surface area (Å²) in [4.78, 5) is 2.56. The molecular formula is C62H57BN2. The van der Waals surface area contributed by atoms with Gasteiger partial charge in [0, 0.05) is 39.0 Å². The van der Waals surface area contributed by atoms with Crippen LogP contribution in [0.4, 0.5) is 28.4 Å². The Bertz CT molecular complexity index is 3140. The van der Waals surface area contributed by atoms with E-state index in [9.17, 15) is 0 Å². The van der Waals surface area contributed by atoms with E-state index in [-0.39, 0.29) is 10.8 Å². The minimum absolute atomic E-state index is 0.193. The molecule has 1 unspecified atom stereocenters. The molecule has 2 aliphatic heterocycles. The van der Waals surface area contributed by atoms with Gasteiger partial charge >= 0.3 is 0 Å². The summed E-state index contributed by atoms with van der Waals surface area (Å²) in [5.74, 6) is 0. The number of nitrogens with one attached hydrogen (secondary N) is 1. The van der Waals surface area contributed by atoms with Gasteiger partial charge in [0.05, 0.1) is 11.4 Å². The molecule has 0 aromatic heterocycles. The summed E-state index contributed by atoms with van der Waals surface area (Å²) < 4.78 is 0. The molecule has 8 aromatic carbocycles. The van der Waals surface area contributed by atoms with Crippen molar-refractivity contribution in [3.8, 4) is 22.3 Å². The number of nitrogens with zero attached hydrogens (tertiary/aromatic N) is 1. The lowest BCUT2D eigenvalue weighted by Crippen LogP contribution is -2.42. The average Bonchev–Trinajstić information content (AvgIpc) is 3.34. The van der Waals surface area contributed by atoms with E-state index in [2.05, 4.69) is 252 Å². The molecular weight excluding hydrogens is 784 g/mol. The number of fused-ring (bicyclic) bond motifs is 4. The molecule has 0 fully saturated rings. The lowest BCUT2D eigenvalue weighted by molar-refractivity contribution is 0.587. The van der Waals surface area contributed by atoms with Gasteiger partial charge in [0.15, 0.2) is 7.28 Å². The van der Waals surface area contributed by atoms with Crippen LogP contribution in [-0.2, 0) is 17.3 Å². The van der Waals surface area contributed by atoms with Gasteiger partial charge in [0.25, 0.3) is 0 Å². The fourth-order valence-electron chi connectivity index (χ4n) is 11.2. The van der Waals surface area contributed by atoms with E-state index >= 15 is 0 Å². The Morgan fingerprint density at radius 3 is 2.14 bits per heavy atom. The number of anilines is 5. The standard InChI is InChI=1S/C62H57BN2/c1-7-9-10-12-27-45-28-16-19-32-51(45)62(8-2)52-33-20-21-35-55(52)64-60-48(30-23-34-53(60)62)49-39-42(3)40-58-59(49)63-54-41-46(61(5,6)50-31-18-15-24-43(50)4)37-38-57(54)65(58)56-36-22-17-29-47(56)44-25-13-11-14-26-44/h7,9-26,28-41,63-64H,8,27H2,1-6H3/b9-7-,12-10-. The van der Waals surface area contributed by atoms with Crippen LogP contribution in [0, 0.1) is 13.8 Å². The van der Waals surface area contributed by atoms with E-state index in [4.69, 9.17) is 0 Å². The first-order valence-corrected chi connectivity index (χ1v) is 23.4. The predicted molar refractivity (Wildman–Crippen MR) is 280 cm³/mol. The molecule has 0 radical (unpaired) electrons. The summed E-state index contributed by atoms with van der Waals surface area (Å²) in [6, 6.07) is 66.0. The van der Waals surface area contributed by atoms with Crippen LogP contribution in [0.3, 0.4) is 0 Å². The zero-order chi connectivity index (χ0) is 44.7. The smallest absolute Gasteiger partial charge is 0.198 e. The average molecular weight is 841 g/mol. The van der Waals surface area contributed by atoms with Gasteiger partial charge in [-0.05, 0) is 119 Å². The van der Waals surface area contributed by atoms with Crippen molar-refractivity contribution in [3.63, 3.8) is 0 Å². The van der Waals surface area contributed by atoms with E-state index in [1.54, 1.807) is 0 Å². The van der Waals surface area contributed by atoms with Gasteiger partial charge in [-0.2, -0.15) is 0 Å². The van der Waals surface area contributed by atoms with Gasteiger partial charge in [-0.1, -0.05) is 202 Å². The SMILES string of the molecule is C/C=C\C=C/Cc1ccccc1C1(CC)c2ccccc2Nc2c(-c3cc(C)cc4c3Bc3cc(C(C)(C)c5ccccc5C)ccc3N4c3ccccc3-c3ccccc3)cccc21. The van der Waals surface area contributed by atoms with E-state index in [0.717, 1.165) is 20.1 Å². The highest BCUT2D eigenvalue weighted by Gasteiger charge is 2.43. The number of hydrogen-bond acceptors (Lipinski definition) is 2. The maximum absolute atomic E-state index is 4.08. The molecule has 318 valence electrons. The summed E-state index contributed by atoms with van der Waals surface area (Å²) in [5.41, 5.74) is 23.6. The minimum Gasteiger partial charge on any atom is -0.354 e. The molecule has 8 aromatic rings. The number of benzene rings is 8. The van der Waals surface area contributed by atoms with Gasteiger partial charge in [0.1, 0.15) is 0 Å². The normalized spacial score (nSPS) is 15.2. The van der Waals surface area contributed by atoms with Crippen molar-refractivity contribution >= 4 is 46.6 Å². The maximum Gasteiger partial charge on any atom is 0.198 e. The van der Waals surface area contributed by atoms with Gasteiger partial charge < -0.3 is 10.2 Å². The molecule has 3 heteroatoms. The third kappa shape index (κ3) is 7.15. The molecule has 0 aliphatic carbocycles. The monoisotopic (exact) mass is 840 g/mol. The molecule has 0 saturated carbocycles. The van der Waals surface area contributed by atoms with Crippen molar-refractivity contribution < 1.29 is 0 Å². The van der Waals surface area contributed by atoms with Crippen LogP contribution < -0.4 is 21.1 Å². The molecule has 0 saturated heterocycles. The second kappa shape index (κ2) is 17.1. The Hall–Kier alpha value is -7.10. The molecule has 1 atom stereocenters. The van der Waals surface area contributed by atoms with Crippen molar-refractivity contribution in [2.24, 2.45) is 0 Å². The molecule has 0 spiro atoms. The first-order chi connectivity index (χ1) is 31.7. The number of aryl methyl sites for hydroxylation is 2. The van der Waals surface area contributed by atoms with Crippen molar-refractivity contribution in [2.45, 2.75) is 65.2 Å². The molecule has 2 nitrogen and oxygen atoms in total. The molecule has 0 amide bonds. The van der Waals surface area contributed by atoms with Crippen molar-refractivity contribution in [1.29, 1.82) is 0 Å². The highest BCUT2D eigenvalue weighted by molar-refractivity contribution is 6.73. The van der Waals surface area contributed by atoms with Crippen LogP contribution in [-0.4, -0.2) is 7.28 Å². The fourth-order valence-corrected chi connectivity index (χ4v) is 11.2.